The summed E-state index contributed by atoms with van der Waals surface area (Å²) < 4.78 is 5.62. The Labute approximate surface area is 148 Å². The van der Waals surface area contributed by atoms with E-state index in [1.165, 1.54) is 19.3 Å². The van der Waals surface area contributed by atoms with Gasteiger partial charge < -0.3 is 19.5 Å². The average Bonchev–Trinajstić information content (AvgIpc) is 3.17. The number of piperazine rings is 1. The van der Waals surface area contributed by atoms with E-state index in [0.29, 0.717) is 32.7 Å². The van der Waals surface area contributed by atoms with E-state index in [-0.39, 0.29) is 18.0 Å². The van der Waals surface area contributed by atoms with Gasteiger partial charge in [0, 0.05) is 39.6 Å². The van der Waals surface area contributed by atoms with Crippen LogP contribution in [0.15, 0.2) is 22.8 Å². The highest BCUT2D eigenvalue weighted by molar-refractivity contribution is 5.76. The van der Waals surface area contributed by atoms with E-state index >= 15 is 0 Å². The van der Waals surface area contributed by atoms with Crippen molar-refractivity contribution in [2.24, 2.45) is 0 Å². The highest BCUT2D eigenvalue weighted by Gasteiger charge is 2.27. The van der Waals surface area contributed by atoms with Gasteiger partial charge in [-0.15, -0.1) is 0 Å². The Morgan fingerprint density at radius 1 is 1.08 bits per heavy atom. The second kappa shape index (κ2) is 8.38. The first-order chi connectivity index (χ1) is 12.1. The molecule has 7 nitrogen and oxygen atoms in total. The summed E-state index contributed by atoms with van der Waals surface area (Å²) in [5.41, 5.74) is 0. The number of rotatable bonds is 4. The van der Waals surface area contributed by atoms with Gasteiger partial charge in [0.25, 0.3) is 0 Å². The third-order valence-electron chi connectivity index (χ3n) is 5.16. The van der Waals surface area contributed by atoms with Crippen molar-refractivity contribution in [1.29, 1.82) is 0 Å². The topological polar surface area (TPSA) is 69.0 Å². The maximum atomic E-state index is 12.5. The van der Waals surface area contributed by atoms with E-state index in [4.69, 9.17) is 4.42 Å². The molecule has 1 N–H and O–H groups in total. The lowest BCUT2D eigenvalue weighted by molar-refractivity contribution is -0.130. The summed E-state index contributed by atoms with van der Waals surface area (Å²) in [4.78, 5) is 29.8. The molecule has 0 saturated carbocycles. The first-order valence-electron chi connectivity index (χ1n) is 9.21. The second-order valence-corrected chi connectivity index (χ2v) is 6.81. The molecule has 0 bridgehead atoms. The molecule has 2 saturated heterocycles. The van der Waals surface area contributed by atoms with Crippen LogP contribution in [0.3, 0.4) is 0 Å². The molecule has 3 amide bonds. The van der Waals surface area contributed by atoms with Crippen molar-refractivity contribution < 1.29 is 14.0 Å². The maximum absolute atomic E-state index is 12.5. The molecule has 0 radical (unpaired) electrons. The van der Waals surface area contributed by atoms with Crippen molar-refractivity contribution >= 4 is 11.9 Å². The van der Waals surface area contributed by atoms with Crippen LogP contribution in [0.4, 0.5) is 4.79 Å². The Morgan fingerprint density at radius 2 is 1.76 bits per heavy atom. The van der Waals surface area contributed by atoms with Crippen LogP contribution in [-0.2, 0) is 4.79 Å². The first kappa shape index (κ1) is 17.8. The molecule has 25 heavy (non-hydrogen) atoms. The highest BCUT2D eigenvalue weighted by atomic mass is 16.3. The quantitative estimate of drug-likeness (QED) is 0.899. The first-order valence-corrected chi connectivity index (χ1v) is 9.21. The van der Waals surface area contributed by atoms with Gasteiger partial charge in [-0.2, -0.15) is 0 Å². The van der Waals surface area contributed by atoms with Gasteiger partial charge in [0.1, 0.15) is 5.76 Å². The van der Waals surface area contributed by atoms with Gasteiger partial charge in [-0.1, -0.05) is 6.42 Å². The third kappa shape index (κ3) is 4.54. The van der Waals surface area contributed by atoms with Crippen LogP contribution in [0.5, 0.6) is 0 Å². The lowest BCUT2D eigenvalue weighted by Gasteiger charge is -2.36. The second-order valence-electron chi connectivity index (χ2n) is 6.81. The van der Waals surface area contributed by atoms with E-state index in [2.05, 4.69) is 10.2 Å². The number of nitrogens with zero attached hydrogens (tertiary/aromatic N) is 3. The van der Waals surface area contributed by atoms with Crippen molar-refractivity contribution in [2.45, 2.75) is 32.2 Å². The van der Waals surface area contributed by atoms with Crippen LogP contribution in [0, 0.1) is 0 Å². The zero-order chi connectivity index (χ0) is 17.6. The summed E-state index contributed by atoms with van der Waals surface area (Å²) in [6, 6.07) is 3.90. The smallest absolute Gasteiger partial charge is 0.317 e. The summed E-state index contributed by atoms with van der Waals surface area (Å²) in [6.07, 6.45) is 5.35. The Hall–Kier alpha value is -2.02. The molecule has 0 unspecified atom stereocenters. The third-order valence-corrected chi connectivity index (χ3v) is 5.16. The normalized spacial score (nSPS) is 20.4. The highest BCUT2D eigenvalue weighted by Crippen LogP contribution is 2.24. The van der Waals surface area contributed by atoms with Gasteiger partial charge in [-0.3, -0.25) is 9.69 Å². The zero-order valence-electron chi connectivity index (χ0n) is 14.9. The van der Waals surface area contributed by atoms with Crippen LogP contribution >= 0.6 is 0 Å². The fourth-order valence-corrected chi connectivity index (χ4v) is 3.64. The zero-order valence-corrected chi connectivity index (χ0v) is 14.9. The number of carbonyl (C=O) groups is 2. The minimum absolute atomic E-state index is 0.0585. The lowest BCUT2D eigenvalue weighted by atomic mass is 10.1. The summed E-state index contributed by atoms with van der Waals surface area (Å²) in [6.45, 7) is 6.58. The number of hydrogen-bond acceptors (Lipinski definition) is 4. The Bertz CT molecular complexity index is 561. The number of piperidine rings is 1. The maximum Gasteiger partial charge on any atom is 0.317 e. The molecule has 3 rings (SSSR count). The summed E-state index contributed by atoms with van der Waals surface area (Å²) in [5, 5.41) is 3.06. The van der Waals surface area contributed by atoms with E-state index < -0.39 is 0 Å². The minimum atomic E-state index is -0.0585. The number of carbonyl (C=O) groups excluding carboxylic acids is 2. The molecule has 7 heteroatoms. The summed E-state index contributed by atoms with van der Waals surface area (Å²) in [5.74, 6) is 0.978. The number of likely N-dealkylation sites (tertiary alicyclic amines) is 1. The molecule has 3 heterocycles. The molecule has 1 atom stereocenters. The number of furan rings is 1. The molecule has 0 spiro atoms. The predicted octanol–water partition coefficient (Wildman–Crippen LogP) is 1.68. The monoisotopic (exact) mass is 348 g/mol. The van der Waals surface area contributed by atoms with Crippen molar-refractivity contribution in [3.05, 3.63) is 24.2 Å². The SMILES string of the molecule is CC(=O)N1CCN(C(=O)NC[C@@H](c2ccco2)N2CCCCC2)CC1. The molecule has 2 aliphatic heterocycles. The van der Waals surface area contributed by atoms with E-state index in [1.54, 1.807) is 23.0 Å². The predicted molar refractivity (Wildman–Crippen MR) is 94.1 cm³/mol. The molecule has 0 aromatic carbocycles. The van der Waals surface area contributed by atoms with Gasteiger partial charge in [0.15, 0.2) is 0 Å². The molecule has 2 fully saturated rings. The van der Waals surface area contributed by atoms with Crippen molar-refractivity contribution in [1.82, 2.24) is 20.0 Å². The van der Waals surface area contributed by atoms with Crippen molar-refractivity contribution in [3.63, 3.8) is 0 Å². The summed E-state index contributed by atoms with van der Waals surface area (Å²) in [7, 11) is 0. The lowest BCUT2D eigenvalue weighted by Crippen LogP contribution is -2.53. The van der Waals surface area contributed by atoms with Gasteiger partial charge in [-0.05, 0) is 38.1 Å². The van der Waals surface area contributed by atoms with Gasteiger partial charge in [-0.25, -0.2) is 4.79 Å². The van der Waals surface area contributed by atoms with Gasteiger partial charge >= 0.3 is 6.03 Å². The van der Waals surface area contributed by atoms with E-state index in [0.717, 1.165) is 18.8 Å². The van der Waals surface area contributed by atoms with E-state index in [9.17, 15) is 9.59 Å². The Morgan fingerprint density at radius 3 is 2.36 bits per heavy atom. The average molecular weight is 348 g/mol. The molecule has 138 valence electrons. The molecule has 0 aliphatic carbocycles. The van der Waals surface area contributed by atoms with Crippen LogP contribution < -0.4 is 5.32 Å². The molecule has 2 aliphatic rings. The van der Waals surface area contributed by atoms with Crippen LogP contribution in [0.1, 0.15) is 38.0 Å². The fraction of sp³-hybridized carbons (Fsp3) is 0.667. The Kier molecular flexibility index (Phi) is 5.96. The standard InChI is InChI=1S/C18H28N4O3/c1-15(23)20-9-11-22(12-10-20)18(24)19-14-16(17-6-5-13-25-17)21-7-3-2-4-8-21/h5-6,13,16H,2-4,7-12,14H2,1H3,(H,19,24)/t16-/m0/s1. The van der Waals surface area contributed by atoms with Crippen LogP contribution in [0.2, 0.25) is 0 Å². The molecule has 1 aromatic heterocycles. The van der Waals surface area contributed by atoms with Crippen molar-refractivity contribution in [3.8, 4) is 0 Å². The number of amides is 3. The van der Waals surface area contributed by atoms with Gasteiger partial charge in [0.2, 0.25) is 5.91 Å². The molecular formula is C18H28N4O3. The van der Waals surface area contributed by atoms with Crippen LogP contribution in [0.25, 0.3) is 0 Å². The Balaban J connectivity index is 1.54. The van der Waals surface area contributed by atoms with Crippen LogP contribution in [-0.4, -0.2) is 72.5 Å². The van der Waals surface area contributed by atoms with Crippen molar-refractivity contribution in [2.75, 3.05) is 45.8 Å². The minimum Gasteiger partial charge on any atom is -0.468 e. The number of hydrogen-bond donors (Lipinski definition) is 1. The summed E-state index contributed by atoms with van der Waals surface area (Å²) >= 11 is 0. The molecular weight excluding hydrogens is 320 g/mol. The van der Waals surface area contributed by atoms with Gasteiger partial charge in [0.05, 0.1) is 12.3 Å². The van der Waals surface area contributed by atoms with E-state index in [1.807, 2.05) is 12.1 Å². The fourth-order valence-electron chi connectivity index (χ4n) is 3.64. The number of nitrogens with one attached hydrogen (secondary N) is 1. The number of urea groups is 1. The molecule has 1 aromatic rings. The largest absolute Gasteiger partial charge is 0.468 e.